The monoisotopic (exact) mass is 304 g/mol. The van der Waals surface area contributed by atoms with Gasteiger partial charge in [-0.15, -0.1) is 10.2 Å². The molecular weight excluding hydrogens is 292 g/mol. The van der Waals surface area contributed by atoms with Gasteiger partial charge in [-0.25, -0.2) is 0 Å². The van der Waals surface area contributed by atoms with Crippen LogP contribution in [0.25, 0.3) is 27.9 Å². The zero-order valence-corrected chi connectivity index (χ0v) is 12.3. The number of rotatable bonds is 2. The Bertz CT molecular complexity index is 1050. The maximum atomic E-state index is 10.8. The third-order valence-corrected chi connectivity index (χ3v) is 3.94. The Morgan fingerprint density at radius 2 is 1.78 bits per heavy atom. The second-order valence-electron chi connectivity index (χ2n) is 5.37. The molecule has 0 aliphatic rings. The summed E-state index contributed by atoms with van der Waals surface area (Å²) < 4.78 is 1.98. The van der Waals surface area contributed by atoms with E-state index in [1.165, 1.54) is 12.1 Å². The Hall–Kier alpha value is -3.28. The maximum Gasteiger partial charge on any atom is 0.269 e. The lowest BCUT2D eigenvalue weighted by atomic mass is 10.1. The van der Waals surface area contributed by atoms with Crippen molar-refractivity contribution >= 4 is 22.2 Å². The van der Waals surface area contributed by atoms with Crippen LogP contribution in [0.3, 0.4) is 0 Å². The summed E-state index contributed by atoms with van der Waals surface area (Å²) in [6.45, 7) is 2.04. The number of nitrogens with zero attached hydrogens (tertiary/aromatic N) is 4. The van der Waals surface area contributed by atoms with Crippen molar-refractivity contribution in [1.82, 2.24) is 14.6 Å². The quantitative estimate of drug-likeness (QED) is 0.417. The molecule has 0 fully saturated rings. The van der Waals surface area contributed by atoms with E-state index in [0.29, 0.717) is 5.82 Å². The Morgan fingerprint density at radius 3 is 2.52 bits per heavy atom. The van der Waals surface area contributed by atoms with Gasteiger partial charge in [-0.2, -0.15) is 0 Å². The van der Waals surface area contributed by atoms with Crippen molar-refractivity contribution in [1.29, 1.82) is 0 Å². The average Bonchev–Trinajstić information content (AvgIpc) is 2.99. The number of aryl methyl sites for hydroxylation is 1. The molecule has 112 valence electrons. The van der Waals surface area contributed by atoms with Crippen LogP contribution < -0.4 is 0 Å². The normalized spacial score (nSPS) is 11.2. The fourth-order valence-corrected chi connectivity index (χ4v) is 2.82. The van der Waals surface area contributed by atoms with Gasteiger partial charge in [0.1, 0.15) is 0 Å². The Kier molecular flexibility index (Phi) is 2.84. The molecule has 2 aromatic carbocycles. The van der Waals surface area contributed by atoms with Crippen LogP contribution in [0, 0.1) is 17.0 Å². The van der Waals surface area contributed by atoms with Crippen LogP contribution in [0.1, 0.15) is 5.56 Å². The molecule has 0 bridgehead atoms. The summed E-state index contributed by atoms with van der Waals surface area (Å²) in [4.78, 5) is 10.4. The molecular formula is C17H12N4O2. The van der Waals surface area contributed by atoms with Crippen molar-refractivity contribution in [2.75, 3.05) is 0 Å². The predicted octanol–water partition coefficient (Wildman–Crippen LogP) is 3.77. The zero-order valence-electron chi connectivity index (χ0n) is 12.3. The van der Waals surface area contributed by atoms with Gasteiger partial charge < -0.3 is 0 Å². The number of nitro benzene ring substituents is 1. The number of fused-ring (bicyclic) bond motifs is 3. The van der Waals surface area contributed by atoms with Crippen LogP contribution >= 0.6 is 0 Å². The molecule has 6 heteroatoms. The first-order valence-electron chi connectivity index (χ1n) is 7.13. The minimum absolute atomic E-state index is 0.0586. The smallest absolute Gasteiger partial charge is 0.269 e. The SMILES string of the molecule is Cc1cc2nnc(-c3ccc([N+](=O)[O-])cc3)n2c2ccccc12. The molecule has 0 amide bonds. The molecule has 0 aliphatic carbocycles. The summed E-state index contributed by atoms with van der Waals surface area (Å²) in [5, 5.41) is 20.4. The number of pyridine rings is 1. The standard InChI is InChI=1S/C17H12N4O2/c1-11-10-16-18-19-17(12-6-8-13(9-7-12)21(22)23)20(16)15-5-3-2-4-14(11)15/h2-10H,1H3. The second-order valence-corrected chi connectivity index (χ2v) is 5.37. The topological polar surface area (TPSA) is 73.3 Å². The minimum atomic E-state index is -0.412. The molecule has 2 heterocycles. The lowest BCUT2D eigenvalue weighted by Gasteiger charge is -2.07. The fourth-order valence-electron chi connectivity index (χ4n) is 2.82. The third kappa shape index (κ3) is 2.03. The highest BCUT2D eigenvalue weighted by atomic mass is 16.6. The molecule has 23 heavy (non-hydrogen) atoms. The Labute approximate surface area is 131 Å². The van der Waals surface area contributed by atoms with Gasteiger partial charge in [0.25, 0.3) is 5.69 Å². The second kappa shape index (κ2) is 4.88. The van der Waals surface area contributed by atoms with E-state index in [0.717, 1.165) is 27.7 Å². The van der Waals surface area contributed by atoms with Crippen molar-refractivity contribution in [2.45, 2.75) is 6.92 Å². The van der Waals surface area contributed by atoms with Gasteiger partial charge in [-0.05, 0) is 36.8 Å². The van der Waals surface area contributed by atoms with Crippen LogP contribution in [-0.2, 0) is 0 Å². The van der Waals surface area contributed by atoms with Gasteiger partial charge in [-0.1, -0.05) is 18.2 Å². The summed E-state index contributed by atoms with van der Waals surface area (Å²) >= 11 is 0. The maximum absolute atomic E-state index is 10.8. The molecule has 0 saturated carbocycles. The van der Waals surface area contributed by atoms with E-state index < -0.39 is 4.92 Å². The molecule has 4 aromatic rings. The van der Waals surface area contributed by atoms with Crippen LogP contribution in [0.2, 0.25) is 0 Å². The van der Waals surface area contributed by atoms with Gasteiger partial charge in [-0.3, -0.25) is 14.5 Å². The number of nitro groups is 1. The number of hydrogen-bond acceptors (Lipinski definition) is 4. The van der Waals surface area contributed by atoms with E-state index in [9.17, 15) is 10.1 Å². The summed E-state index contributed by atoms with van der Waals surface area (Å²) in [6.07, 6.45) is 0. The Morgan fingerprint density at radius 1 is 1.04 bits per heavy atom. The Balaban J connectivity index is 2.01. The minimum Gasteiger partial charge on any atom is -0.275 e. The van der Waals surface area contributed by atoms with Gasteiger partial charge in [0.15, 0.2) is 11.5 Å². The predicted molar refractivity (Wildman–Crippen MR) is 87.3 cm³/mol. The molecule has 0 unspecified atom stereocenters. The largest absolute Gasteiger partial charge is 0.275 e. The van der Waals surface area contributed by atoms with E-state index in [1.807, 2.05) is 35.6 Å². The number of benzene rings is 2. The first-order chi connectivity index (χ1) is 11.1. The summed E-state index contributed by atoms with van der Waals surface area (Å²) in [5.74, 6) is 0.672. The zero-order chi connectivity index (χ0) is 16.0. The molecule has 0 saturated heterocycles. The molecule has 4 rings (SSSR count). The lowest BCUT2D eigenvalue weighted by Crippen LogP contribution is -1.94. The van der Waals surface area contributed by atoms with Gasteiger partial charge in [0.2, 0.25) is 0 Å². The highest BCUT2D eigenvalue weighted by Crippen LogP contribution is 2.27. The molecule has 0 radical (unpaired) electrons. The lowest BCUT2D eigenvalue weighted by molar-refractivity contribution is -0.384. The molecule has 6 nitrogen and oxygen atoms in total. The van der Waals surface area contributed by atoms with E-state index in [1.54, 1.807) is 12.1 Å². The average molecular weight is 304 g/mol. The van der Waals surface area contributed by atoms with Crippen molar-refractivity contribution in [2.24, 2.45) is 0 Å². The van der Waals surface area contributed by atoms with E-state index in [2.05, 4.69) is 16.3 Å². The first-order valence-corrected chi connectivity index (χ1v) is 7.13. The number of para-hydroxylation sites is 1. The van der Waals surface area contributed by atoms with E-state index in [4.69, 9.17) is 0 Å². The highest BCUT2D eigenvalue weighted by Gasteiger charge is 2.13. The highest BCUT2D eigenvalue weighted by molar-refractivity contribution is 5.87. The van der Waals surface area contributed by atoms with Crippen molar-refractivity contribution in [3.63, 3.8) is 0 Å². The van der Waals surface area contributed by atoms with E-state index >= 15 is 0 Å². The van der Waals surface area contributed by atoms with Crippen molar-refractivity contribution < 1.29 is 4.92 Å². The van der Waals surface area contributed by atoms with Crippen molar-refractivity contribution in [3.05, 3.63) is 70.3 Å². The van der Waals surface area contributed by atoms with Gasteiger partial charge >= 0.3 is 0 Å². The fraction of sp³-hybridized carbons (Fsp3) is 0.0588. The molecule has 0 N–H and O–H groups in total. The number of aromatic nitrogens is 3. The van der Waals surface area contributed by atoms with Crippen LogP contribution in [0.5, 0.6) is 0 Å². The van der Waals surface area contributed by atoms with Crippen LogP contribution in [0.4, 0.5) is 5.69 Å². The van der Waals surface area contributed by atoms with E-state index in [-0.39, 0.29) is 5.69 Å². The molecule has 0 spiro atoms. The van der Waals surface area contributed by atoms with Gasteiger partial charge in [0, 0.05) is 23.1 Å². The van der Waals surface area contributed by atoms with Crippen LogP contribution in [0.15, 0.2) is 54.6 Å². The summed E-state index contributed by atoms with van der Waals surface area (Å²) in [7, 11) is 0. The number of hydrogen-bond donors (Lipinski definition) is 0. The van der Waals surface area contributed by atoms with Crippen molar-refractivity contribution in [3.8, 4) is 11.4 Å². The van der Waals surface area contributed by atoms with Gasteiger partial charge in [0.05, 0.1) is 10.4 Å². The summed E-state index contributed by atoms with van der Waals surface area (Å²) in [6, 6.07) is 16.4. The molecule has 2 aromatic heterocycles. The first kappa shape index (κ1) is 13.4. The molecule has 0 atom stereocenters. The number of non-ortho nitro benzene ring substituents is 1. The molecule has 0 aliphatic heterocycles. The summed E-state index contributed by atoms with van der Waals surface area (Å²) in [5.41, 5.74) is 3.76. The third-order valence-electron chi connectivity index (χ3n) is 3.94. The van der Waals surface area contributed by atoms with Crippen LogP contribution in [-0.4, -0.2) is 19.5 Å².